The Kier molecular flexibility index (Phi) is 6.64. The van der Waals surface area contributed by atoms with Crippen LogP contribution in [0.25, 0.3) is 34.8 Å². The summed E-state index contributed by atoms with van der Waals surface area (Å²) in [7, 11) is 0. The zero-order valence-electron chi connectivity index (χ0n) is 27.7. The maximum atomic E-state index is 9.51. The van der Waals surface area contributed by atoms with Gasteiger partial charge in [-0.3, -0.25) is 0 Å². The van der Waals surface area contributed by atoms with Crippen LogP contribution >= 0.6 is 0 Å². The zero-order valence-corrected chi connectivity index (χ0v) is 27.7. The minimum atomic E-state index is 0.292. The van der Waals surface area contributed by atoms with Crippen molar-refractivity contribution >= 4 is 40.5 Å². The van der Waals surface area contributed by atoms with Crippen LogP contribution in [0.1, 0.15) is 63.8 Å². The number of fused-ring (bicyclic) bond motifs is 3. The van der Waals surface area contributed by atoms with Crippen molar-refractivity contribution < 1.29 is 0 Å². The van der Waals surface area contributed by atoms with Gasteiger partial charge in [-0.1, -0.05) is 97.1 Å². The lowest BCUT2D eigenvalue weighted by Crippen LogP contribution is -2.30. The first-order valence-corrected chi connectivity index (χ1v) is 17.7. The Morgan fingerprint density at radius 2 is 1.46 bits per heavy atom. The number of para-hydroxylation sites is 3. The summed E-state index contributed by atoms with van der Waals surface area (Å²) in [6.45, 7) is 0. The van der Waals surface area contributed by atoms with Crippen LogP contribution in [0.5, 0.6) is 0 Å². The Labute approximate surface area is 293 Å². The lowest BCUT2D eigenvalue weighted by molar-refractivity contribution is 0.482. The summed E-state index contributed by atoms with van der Waals surface area (Å²) in [6.07, 6.45) is 17.6. The largest absolute Gasteiger partial charge is 0.314 e. The molecule has 0 spiro atoms. The van der Waals surface area contributed by atoms with Crippen molar-refractivity contribution in [2.75, 3.05) is 4.90 Å². The molecule has 6 aromatic rings. The number of nitriles is 1. The van der Waals surface area contributed by atoms with Gasteiger partial charge in [0, 0.05) is 45.7 Å². The van der Waals surface area contributed by atoms with E-state index < -0.39 is 0 Å². The van der Waals surface area contributed by atoms with Crippen LogP contribution < -0.4 is 4.90 Å². The van der Waals surface area contributed by atoms with Gasteiger partial charge in [0.25, 0.3) is 0 Å². The van der Waals surface area contributed by atoms with Crippen molar-refractivity contribution in [1.82, 2.24) is 4.57 Å². The van der Waals surface area contributed by atoms with Gasteiger partial charge in [0.15, 0.2) is 0 Å². The molecule has 1 unspecified atom stereocenters. The van der Waals surface area contributed by atoms with Gasteiger partial charge in [-0.05, 0) is 119 Å². The number of hydrogen-bond donors (Lipinski definition) is 0. The standard InChI is InChI=1S/C47H35N3/c48-30-31-15-22-37(23-16-31)49(35-9-3-1-4-10-35)44-27-20-33-18-25-40-38(24-17-32-19-26-41(44)47(33)46(32)40)34-21-28-45-42(29-34)39-13-7-8-14-43(39)50(45)36-11-5-2-6-12-36/h1-19,21-26,28,33-34,47H,20,27,29H2/t33?,34-,47-/m0/s1. The van der Waals surface area contributed by atoms with Crippen LogP contribution in [-0.4, -0.2) is 4.57 Å². The highest BCUT2D eigenvalue weighted by Gasteiger charge is 2.39. The first kappa shape index (κ1) is 28.9. The monoisotopic (exact) mass is 641 g/mol. The molecule has 3 nitrogen and oxygen atoms in total. The van der Waals surface area contributed by atoms with Crippen molar-refractivity contribution in [3.05, 3.63) is 190 Å². The second-order valence-electron chi connectivity index (χ2n) is 13.9. The van der Waals surface area contributed by atoms with E-state index >= 15 is 0 Å². The molecule has 0 aliphatic heterocycles. The van der Waals surface area contributed by atoms with E-state index in [0.29, 0.717) is 23.3 Å². The molecule has 5 aromatic carbocycles. The lowest BCUT2D eigenvalue weighted by Gasteiger charge is -2.43. The molecule has 238 valence electrons. The van der Waals surface area contributed by atoms with Crippen molar-refractivity contribution in [2.24, 2.45) is 5.92 Å². The van der Waals surface area contributed by atoms with E-state index in [0.717, 1.165) is 30.6 Å². The van der Waals surface area contributed by atoms with Crippen LogP contribution in [0.2, 0.25) is 0 Å². The summed E-state index contributed by atoms with van der Waals surface area (Å²) >= 11 is 0. The summed E-state index contributed by atoms with van der Waals surface area (Å²) < 4.78 is 2.43. The van der Waals surface area contributed by atoms with Gasteiger partial charge >= 0.3 is 0 Å². The maximum absolute atomic E-state index is 9.51. The van der Waals surface area contributed by atoms with Crippen LogP contribution in [-0.2, 0) is 6.42 Å². The van der Waals surface area contributed by atoms with Crippen molar-refractivity contribution in [1.29, 1.82) is 5.26 Å². The highest BCUT2D eigenvalue weighted by Crippen LogP contribution is 2.54. The van der Waals surface area contributed by atoms with Gasteiger partial charge in [-0.15, -0.1) is 0 Å². The molecule has 50 heavy (non-hydrogen) atoms. The van der Waals surface area contributed by atoms with Gasteiger partial charge in [0.2, 0.25) is 0 Å². The molecular formula is C47H35N3. The third-order valence-corrected chi connectivity index (χ3v) is 11.3. The average Bonchev–Trinajstić information content (AvgIpc) is 3.52. The molecule has 3 heteroatoms. The maximum Gasteiger partial charge on any atom is 0.0991 e. The number of rotatable bonds is 5. The molecular weight excluding hydrogens is 607 g/mol. The predicted molar refractivity (Wildman–Crippen MR) is 205 cm³/mol. The molecule has 0 saturated carbocycles. The van der Waals surface area contributed by atoms with Crippen molar-refractivity contribution in [2.45, 2.75) is 31.1 Å². The first-order chi connectivity index (χ1) is 24.8. The minimum absolute atomic E-state index is 0.292. The van der Waals surface area contributed by atoms with Crippen LogP contribution in [0.4, 0.5) is 11.4 Å². The smallest absolute Gasteiger partial charge is 0.0991 e. The van der Waals surface area contributed by atoms with E-state index in [9.17, 15) is 5.26 Å². The second-order valence-corrected chi connectivity index (χ2v) is 13.9. The van der Waals surface area contributed by atoms with E-state index in [2.05, 4.69) is 161 Å². The highest BCUT2D eigenvalue weighted by atomic mass is 15.2. The Balaban J connectivity index is 1.09. The Bertz CT molecular complexity index is 2470. The van der Waals surface area contributed by atoms with E-state index in [1.807, 2.05) is 12.1 Å². The van der Waals surface area contributed by atoms with Gasteiger partial charge < -0.3 is 9.47 Å². The fourth-order valence-corrected chi connectivity index (χ4v) is 9.12. The molecule has 3 atom stereocenters. The molecule has 0 bridgehead atoms. The van der Waals surface area contributed by atoms with Gasteiger partial charge in [-0.2, -0.15) is 5.26 Å². The first-order valence-electron chi connectivity index (χ1n) is 17.7. The van der Waals surface area contributed by atoms with Crippen molar-refractivity contribution in [3.63, 3.8) is 0 Å². The predicted octanol–water partition coefficient (Wildman–Crippen LogP) is 11.5. The number of aromatic nitrogens is 1. The van der Waals surface area contributed by atoms with Crippen molar-refractivity contribution in [3.8, 4) is 11.8 Å². The number of benzene rings is 5. The second kappa shape index (κ2) is 11.5. The topological polar surface area (TPSA) is 32.0 Å². The van der Waals surface area contributed by atoms with Crippen LogP contribution in [0.15, 0.2) is 151 Å². The fourth-order valence-electron chi connectivity index (χ4n) is 9.12. The molecule has 0 N–H and O–H groups in total. The number of hydrogen-bond acceptors (Lipinski definition) is 2. The third-order valence-electron chi connectivity index (χ3n) is 11.3. The quantitative estimate of drug-likeness (QED) is 0.188. The summed E-state index contributed by atoms with van der Waals surface area (Å²) in [6, 6.07) is 45.4. The van der Waals surface area contributed by atoms with Gasteiger partial charge in [-0.25, -0.2) is 0 Å². The Hall–Kier alpha value is -6.11. The fraction of sp³-hybridized carbons (Fsp3) is 0.128. The van der Waals surface area contributed by atoms with E-state index in [1.165, 1.54) is 61.4 Å². The number of allylic oxidation sites excluding steroid dienone is 5. The van der Waals surface area contributed by atoms with Gasteiger partial charge in [0.05, 0.1) is 17.1 Å². The summed E-state index contributed by atoms with van der Waals surface area (Å²) in [5.74, 6) is 1.07. The molecule has 4 aliphatic rings. The summed E-state index contributed by atoms with van der Waals surface area (Å²) in [5.41, 5.74) is 16.5. The highest BCUT2D eigenvalue weighted by molar-refractivity contribution is 5.91. The molecule has 1 heterocycles. The SMILES string of the molecule is N#Cc1ccc(N(C2=C3C=Cc4ccc([C@H]5C=Cc6c(c7ccccc7n6-c6ccccc6)C5)c5c4[C@H]3C(C=C5)CC2)c2ccccc2)cc1. The molecule has 4 aliphatic carbocycles. The molecule has 1 aromatic heterocycles. The normalized spacial score (nSPS) is 19.6. The third kappa shape index (κ3) is 4.42. The summed E-state index contributed by atoms with van der Waals surface area (Å²) in [4.78, 5) is 2.43. The zero-order chi connectivity index (χ0) is 33.2. The lowest BCUT2D eigenvalue weighted by atomic mass is 9.64. The Morgan fingerprint density at radius 3 is 2.28 bits per heavy atom. The number of anilines is 2. The molecule has 10 rings (SSSR count). The average molecular weight is 642 g/mol. The van der Waals surface area contributed by atoms with E-state index in [-0.39, 0.29) is 0 Å². The van der Waals surface area contributed by atoms with E-state index in [1.54, 1.807) is 0 Å². The molecule has 0 saturated heterocycles. The number of nitrogens with zero attached hydrogens (tertiary/aromatic N) is 3. The Morgan fingerprint density at radius 1 is 0.700 bits per heavy atom. The van der Waals surface area contributed by atoms with Crippen LogP contribution in [0.3, 0.4) is 0 Å². The molecule has 0 fully saturated rings. The van der Waals surface area contributed by atoms with Crippen LogP contribution in [0, 0.1) is 17.2 Å². The summed E-state index contributed by atoms with van der Waals surface area (Å²) in [5, 5.41) is 10.9. The minimum Gasteiger partial charge on any atom is -0.314 e. The van der Waals surface area contributed by atoms with E-state index in [4.69, 9.17) is 0 Å². The van der Waals surface area contributed by atoms with Gasteiger partial charge in [0.1, 0.15) is 0 Å². The molecule has 0 radical (unpaired) electrons. The molecule has 0 amide bonds.